The van der Waals surface area contributed by atoms with Gasteiger partial charge in [0.2, 0.25) is 0 Å². The molecule has 0 radical (unpaired) electrons. The molecular formula is C10H16N4. The highest BCUT2D eigenvalue weighted by Gasteiger charge is 2.18. The summed E-state index contributed by atoms with van der Waals surface area (Å²) in [7, 11) is 0. The summed E-state index contributed by atoms with van der Waals surface area (Å²) in [5.74, 6) is 0. The third kappa shape index (κ3) is 2.32. The van der Waals surface area contributed by atoms with Crippen molar-refractivity contribution in [1.82, 2.24) is 15.8 Å². The molecular weight excluding hydrogens is 176 g/mol. The number of piperazine rings is 1. The molecule has 76 valence electrons. The highest BCUT2D eigenvalue weighted by atomic mass is 15.5. The van der Waals surface area contributed by atoms with Crippen LogP contribution in [0.4, 0.5) is 0 Å². The Balaban J connectivity index is 1.81. The summed E-state index contributed by atoms with van der Waals surface area (Å²) in [5.41, 5.74) is 4.38. The Bertz CT molecular complexity index is 260. The van der Waals surface area contributed by atoms with Crippen LogP contribution in [0.15, 0.2) is 11.6 Å². The minimum absolute atomic E-state index is 0.378. The van der Waals surface area contributed by atoms with E-state index >= 15 is 0 Å². The van der Waals surface area contributed by atoms with Crippen LogP contribution in [0.1, 0.15) is 12.8 Å². The SMILES string of the molecule is N#CC1=CC(NN2CCNCC2)CC1. The molecule has 0 aromatic carbocycles. The predicted octanol–water partition coefficient (Wildman–Crippen LogP) is 0.00858. The van der Waals surface area contributed by atoms with E-state index in [-0.39, 0.29) is 0 Å². The number of hydrogen-bond acceptors (Lipinski definition) is 4. The molecule has 1 unspecified atom stereocenters. The molecule has 1 heterocycles. The van der Waals surface area contributed by atoms with Crippen molar-refractivity contribution in [2.24, 2.45) is 0 Å². The topological polar surface area (TPSA) is 51.1 Å². The molecule has 1 fully saturated rings. The van der Waals surface area contributed by atoms with Gasteiger partial charge in [-0.2, -0.15) is 5.26 Å². The molecule has 1 aliphatic carbocycles. The Kier molecular flexibility index (Phi) is 3.14. The lowest BCUT2D eigenvalue weighted by Crippen LogP contribution is -2.52. The third-order valence-corrected chi connectivity index (χ3v) is 2.74. The van der Waals surface area contributed by atoms with Crippen molar-refractivity contribution in [3.63, 3.8) is 0 Å². The third-order valence-electron chi connectivity index (χ3n) is 2.74. The maximum Gasteiger partial charge on any atom is 0.0944 e. The molecule has 0 saturated carbocycles. The van der Waals surface area contributed by atoms with Crippen LogP contribution in [0.25, 0.3) is 0 Å². The van der Waals surface area contributed by atoms with Crippen LogP contribution >= 0.6 is 0 Å². The van der Waals surface area contributed by atoms with Crippen LogP contribution in [0.2, 0.25) is 0 Å². The van der Waals surface area contributed by atoms with Gasteiger partial charge in [-0.25, -0.2) is 10.4 Å². The zero-order valence-electron chi connectivity index (χ0n) is 8.29. The summed E-state index contributed by atoms with van der Waals surface area (Å²) in [6.45, 7) is 4.20. The number of allylic oxidation sites excluding steroid dienone is 1. The van der Waals surface area contributed by atoms with E-state index in [1.807, 2.05) is 0 Å². The van der Waals surface area contributed by atoms with Crippen molar-refractivity contribution in [1.29, 1.82) is 5.26 Å². The smallest absolute Gasteiger partial charge is 0.0944 e. The minimum atomic E-state index is 0.378. The Morgan fingerprint density at radius 1 is 1.50 bits per heavy atom. The number of rotatable bonds is 2. The van der Waals surface area contributed by atoms with Crippen molar-refractivity contribution in [2.75, 3.05) is 26.2 Å². The predicted molar refractivity (Wildman–Crippen MR) is 54.3 cm³/mol. The van der Waals surface area contributed by atoms with E-state index in [1.54, 1.807) is 0 Å². The second-order valence-electron chi connectivity index (χ2n) is 3.82. The van der Waals surface area contributed by atoms with E-state index in [2.05, 4.69) is 27.9 Å². The van der Waals surface area contributed by atoms with Crippen LogP contribution < -0.4 is 10.7 Å². The normalized spacial score (nSPS) is 28.5. The Labute approximate surface area is 84.5 Å². The second-order valence-corrected chi connectivity index (χ2v) is 3.82. The first-order valence-corrected chi connectivity index (χ1v) is 5.21. The fraction of sp³-hybridized carbons (Fsp3) is 0.700. The van der Waals surface area contributed by atoms with Gasteiger partial charge < -0.3 is 5.32 Å². The van der Waals surface area contributed by atoms with Gasteiger partial charge in [-0.3, -0.25) is 0 Å². The molecule has 1 atom stereocenters. The Morgan fingerprint density at radius 3 is 2.93 bits per heavy atom. The van der Waals surface area contributed by atoms with Gasteiger partial charge in [0, 0.05) is 37.8 Å². The monoisotopic (exact) mass is 192 g/mol. The van der Waals surface area contributed by atoms with Crippen LogP contribution in [-0.4, -0.2) is 37.2 Å². The summed E-state index contributed by atoms with van der Waals surface area (Å²) in [6.07, 6.45) is 4.05. The molecule has 0 bridgehead atoms. The lowest BCUT2D eigenvalue weighted by molar-refractivity contribution is 0.149. The van der Waals surface area contributed by atoms with E-state index in [1.165, 1.54) is 0 Å². The first kappa shape index (κ1) is 9.66. The first-order chi connectivity index (χ1) is 6.88. The van der Waals surface area contributed by atoms with E-state index in [0.717, 1.165) is 44.6 Å². The van der Waals surface area contributed by atoms with Crippen molar-refractivity contribution >= 4 is 0 Å². The van der Waals surface area contributed by atoms with Crippen molar-refractivity contribution in [3.8, 4) is 6.07 Å². The summed E-state index contributed by atoms with van der Waals surface area (Å²) >= 11 is 0. The minimum Gasteiger partial charge on any atom is -0.314 e. The molecule has 4 heteroatoms. The molecule has 14 heavy (non-hydrogen) atoms. The molecule has 2 aliphatic rings. The zero-order chi connectivity index (χ0) is 9.80. The number of nitrogens with zero attached hydrogens (tertiary/aromatic N) is 2. The average Bonchev–Trinajstić information content (AvgIpc) is 2.67. The molecule has 1 aliphatic heterocycles. The molecule has 1 saturated heterocycles. The van der Waals surface area contributed by atoms with Crippen molar-refractivity contribution < 1.29 is 0 Å². The maximum absolute atomic E-state index is 8.72. The fourth-order valence-corrected chi connectivity index (χ4v) is 1.94. The first-order valence-electron chi connectivity index (χ1n) is 5.21. The lowest BCUT2D eigenvalue weighted by atomic mass is 10.2. The van der Waals surface area contributed by atoms with E-state index in [0.29, 0.717) is 6.04 Å². The largest absolute Gasteiger partial charge is 0.314 e. The standard InChI is InChI=1S/C10H16N4/c11-8-9-1-2-10(7-9)13-14-5-3-12-4-6-14/h7,10,12-13H,1-6H2. The number of hydrazine groups is 1. The van der Waals surface area contributed by atoms with Gasteiger partial charge in [-0.15, -0.1) is 0 Å². The number of nitrogens with one attached hydrogen (secondary N) is 2. The highest BCUT2D eigenvalue weighted by molar-refractivity contribution is 5.27. The Hall–Kier alpha value is -0.890. The maximum atomic E-state index is 8.72. The quantitative estimate of drug-likeness (QED) is 0.647. The molecule has 2 rings (SSSR count). The van der Waals surface area contributed by atoms with Gasteiger partial charge in [0.15, 0.2) is 0 Å². The van der Waals surface area contributed by atoms with Gasteiger partial charge in [-0.05, 0) is 12.8 Å². The molecule has 0 aromatic heterocycles. The van der Waals surface area contributed by atoms with Crippen LogP contribution in [0, 0.1) is 11.3 Å². The van der Waals surface area contributed by atoms with Crippen LogP contribution in [0.5, 0.6) is 0 Å². The fourth-order valence-electron chi connectivity index (χ4n) is 1.94. The van der Waals surface area contributed by atoms with Gasteiger partial charge in [0.25, 0.3) is 0 Å². The Morgan fingerprint density at radius 2 is 2.29 bits per heavy atom. The molecule has 4 nitrogen and oxygen atoms in total. The average molecular weight is 192 g/mol. The zero-order valence-corrected chi connectivity index (χ0v) is 8.29. The van der Waals surface area contributed by atoms with Crippen molar-refractivity contribution in [3.05, 3.63) is 11.6 Å². The molecule has 0 spiro atoms. The lowest BCUT2D eigenvalue weighted by Gasteiger charge is -2.30. The highest BCUT2D eigenvalue weighted by Crippen LogP contribution is 2.17. The number of nitriles is 1. The second kappa shape index (κ2) is 4.56. The summed E-state index contributed by atoms with van der Waals surface area (Å²) in [6, 6.07) is 2.60. The van der Waals surface area contributed by atoms with E-state index in [9.17, 15) is 0 Å². The van der Waals surface area contributed by atoms with E-state index < -0.39 is 0 Å². The van der Waals surface area contributed by atoms with Crippen LogP contribution in [-0.2, 0) is 0 Å². The molecule has 2 N–H and O–H groups in total. The molecule has 0 amide bonds. The van der Waals surface area contributed by atoms with E-state index in [4.69, 9.17) is 5.26 Å². The van der Waals surface area contributed by atoms with Crippen molar-refractivity contribution in [2.45, 2.75) is 18.9 Å². The van der Waals surface area contributed by atoms with Gasteiger partial charge >= 0.3 is 0 Å². The summed E-state index contributed by atoms with van der Waals surface area (Å²) in [5, 5.41) is 14.3. The summed E-state index contributed by atoms with van der Waals surface area (Å²) in [4.78, 5) is 0. The van der Waals surface area contributed by atoms with Gasteiger partial charge in [0.1, 0.15) is 0 Å². The van der Waals surface area contributed by atoms with Crippen LogP contribution in [0.3, 0.4) is 0 Å². The number of hydrogen-bond donors (Lipinski definition) is 2. The molecule has 0 aromatic rings. The summed E-state index contributed by atoms with van der Waals surface area (Å²) < 4.78 is 0. The van der Waals surface area contributed by atoms with Gasteiger partial charge in [0.05, 0.1) is 6.07 Å². The van der Waals surface area contributed by atoms with Gasteiger partial charge in [-0.1, -0.05) is 6.08 Å².